The van der Waals surface area contributed by atoms with Crippen LogP contribution in [0, 0.1) is 5.92 Å². The van der Waals surface area contributed by atoms with Crippen LogP contribution in [0.4, 0.5) is 5.69 Å². The Morgan fingerprint density at radius 2 is 1.79 bits per heavy atom. The summed E-state index contributed by atoms with van der Waals surface area (Å²) in [5, 5.41) is 0. The second-order valence-electron chi connectivity index (χ2n) is 7.04. The van der Waals surface area contributed by atoms with Crippen molar-refractivity contribution < 1.29 is 19.2 Å². The van der Waals surface area contributed by atoms with Gasteiger partial charge in [0.15, 0.2) is 0 Å². The van der Waals surface area contributed by atoms with Gasteiger partial charge in [0.2, 0.25) is 17.7 Å². The van der Waals surface area contributed by atoms with Crippen LogP contribution >= 0.6 is 0 Å². The average molecular weight is 390 g/mol. The lowest BCUT2D eigenvalue weighted by Crippen LogP contribution is -2.45. The molecular weight excluding hydrogens is 368 g/mol. The van der Waals surface area contributed by atoms with Crippen molar-refractivity contribution in [1.29, 1.82) is 0 Å². The summed E-state index contributed by atoms with van der Waals surface area (Å²) in [5.74, 6) is -1.73. The van der Waals surface area contributed by atoms with Crippen LogP contribution in [0.3, 0.4) is 0 Å². The number of anilines is 1. The van der Waals surface area contributed by atoms with E-state index in [1.165, 1.54) is 18.0 Å². The number of imide groups is 2. The zero-order chi connectivity index (χ0) is 21.1. The first kappa shape index (κ1) is 20.2. The molecule has 0 N–H and O–H groups in total. The summed E-state index contributed by atoms with van der Waals surface area (Å²) in [6, 6.07) is 8.83. The van der Waals surface area contributed by atoms with Crippen molar-refractivity contribution in [1.82, 2.24) is 4.90 Å². The molecule has 2 aliphatic rings. The van der Waals surface area contributed by atoms with Crippen molar-refractivity contribution in [2.45, 2.75) is 26.2 Å². The van der Waals surface area contributed by atoms with E-state index in [-0.39, 0.29) is 36.5 Å². The van der Waals surface area contributed by atoms with Gasteiger partial charge in [-0.3, -0.25) is 24.1 Å². The standard InChI is InChI=1S/C23H22N2O4/c1-4-19-17(14-20(26)24(3)23(19)29)10-8-9-16-13-21(27)25(22(28)15(16)2)18-11-6-5-7-12-18/h4-8,11-12,15H,1,10,13-14H2,2-3H3. The molecule has 0 spiro atoms. The number of amides is 4. The molecule has 4 amide bonds. The number of nitrogens with zero attached hydrogens (tertiary/aromatic N) is 2. The highest BCUT2D eigenvalue weighted by atomic mass is 16.2. The molecule has 29 heavy (non-hydrogen) atoms. The number of carbonyl (C=O) groups excluding carboxylic acids is 4. The second kappa shape index (κ2) is 8.25. The third-order valence-corrected chi connectivity index (χ3v) is 5.21. The van der Waals surface area contributed by atoms with Crippen LogP contribution < -0.4 is 4.90 Å². The fourth-order valence-corrected chi connectivity index (χ4v) is 3.45. The minimum absolute atomic E-state index is 0.0895. The van der Waals surface area contributed by atoms with Crippen LogP contribution in [0.5, 0.6) is 0 Å². The Morgan fingerprint density at radius 3 is 2.45 bits per heavy atom. The summed E-state index contributed by atoms with van der Waals surface area (Å²) in [7, 11) is 1.45. The van der Waals surface area contributed by atoms with E-state index in [0.29, 0.717) is 28.8 Å². The molecule has 1 unspecified atom stereocenters. The highest BCUT2D eigenvalue weighted by molar-refractivity contribution is 6.19. The fraction of sp³-hybridized carbons (Fsp3) is 0.261. The average Bonchev–Trinajstić information content (AvgIpc) is 2.71. The lowest BCUT2D eigenvalue weighted by atomic mass is 9.91. The molecule has 6 heteroatoms. The predicted molar refractivity (Wildman–Crippen MR) is 109 cm³/mol. The van der Waals surface area contributed by atoms with Crippen LogP contribution in [-0.2, 0) is 19.2 Å². The molecule has 1 fully saturated rings. The van der Waals surface area contributed by atoms with E-state index in [4.69, 9.17) is 0 Å². The lowest BCUT2D eigenvalue weighted by molar-refractivity contribution is -0.141. The van der Waals surface area contributed by atoms with E-state index in [1.54, 1.807) is 37.3 Å². The third kappa shape index (κ3) is 3.89. The van der Waals surface area contributed by atoms with E-state index < -0.39 is 5.92 Å². The maximum Gasteiger partial charge on any atom is 0.260 e. The molecule has 2 heterocycles. The molecule has 1 saturated heterocycles. The first-order valence-electron chi connectivity index (χ1n) is 9.36. The molecule has 0 aromatic heterocycles. The monoisotopic (exact) mass is 390 g/mol. The van der Waals surface area contributed by atoms with Gasteiger partial charge in [-0.2, -0.15) is 0 Å². The second-order valence-corrected chi connectivity index (χ2v) is 7.04. The van der Waals surface area contributed by atoms with Gasteiger partial charge in [0, 0.05) is 19.0 Å². The highest BCUT2D eigenvalue weighted by Crippen LogP contribution is 2.29. The van der Waals surface area contributed by atoms with Crippen molar-refractivity contribution in [3.8, 4) is 0 Å². The number of piperidine rings is 1. The Hall–Kier alpha value is -3.50. The number of para-hydroxylation sites is 1. The van der Waals surface area contributed by atoms with E-state index >= 15 is 0 Å². The van der Waals surface area contributed by atoms with Crippen LogP contribution in [0.25, 0.3) is 0 Å². The molecular formula is C23H22N2O4. The third-order valence-electron chi connectivity index (χ3n) is 5.21. The summed E-state index contributed by atoms with van der Waals surface area (Å²) >= 11 is 0. The first-order valence-corrected chi connectivity index (χ1v) is 9.36. The number of likely N-dealkylation sites (N-methyl/N-ethyl adjacent to an activating group) is 1. The van der Waals surface area contributed by atoms with Crippen molar-refractivity contribution in [2.24, 2.45) is 5.92 Å². The Kier molecular flexibility index (Phi) is 5.76. The zero-order valence-corrected chi connectivity index (χ0v) is 16.5. The van der Waals surface area contributed by atoms with Gasteiger partial charge in [0.25, 0.3) is 5.91 Å². The van der Waals surface area contributed by atoms with Crippen LogP contribution in [-0.4, -0.2) is 35.6 Å². The molecule has 3 rings (SSSR count). The maximum atomic E-state index is 12.7. The number of benzene rings is 1. The predicted octanol–water partition coefficient (Wildman–Crippen LogP) is 2.93. The number of hydrogen-bond acceptors (Lipinski definition) is 4. The van der Waals surface area contributed by atoms with E-state index in [0.717, 1.165) is 4.90 Å². The molecule has 0 aliphatic carbocycles. The highest BCUT2D eigenvalue weighted by Gasteiger charge is 2.36. The molecule has 1 aromatic rings. The summed E-state index contributed by atoms with van der Waals surface area (Å²) in [4.78, 5) is 51.7. The van der Waals surface area contributed by atoms with E-state index in [1.807, 2.05) is 6.07 Å². The van der Waals surface area contributed by atoms with Crippen molar-refractivity contribution in [3.63, 3.8) is 0 Å². The van der Waals surface area contributed by atoms with Gasteiger partial charge < -0.3 is 0 Å². The van der Waals surface area contributed by atoms with E-state index in [2.05, 4.69) is 12.3 Å². The van der Waals surface area contributed by atoms with Gasteiger partial charge in [0.05, 0.1) is 18.0 Å². The minimum Gasteiger partial charge on any atom is -0.281 e. The van der Waals surface area contributed by atoms with E-state index in [9.17, 15) is 19.2 Å². The lowest BCUT2D eigenvalue weighted by Gasteiger charge is -2.30. The topological polar surface area (TPSA) is 74.8 Å². The number of hydrogen-bond donors (Lipinski definition) is 0. The fourth-order valence-electron chi connectivity index (χ4n) is 3.45. The van der Waals surface area contributed by atoms with Gasteiger partial charge in [-0.25, -0.2) is 4.90 Å². The molecule has 1 aromatic carbocycles. The normalized spacial score (nSPS) is 20.2. The Morgan fingerprint density at radius 1 is 1.10 bits per heavy atom. The van der Waals surface area contributed by atoms with Gasteiger partial charge in [0.1, 0.15) is 0 Å². The summed E-state index contributed by atoms with van der Waals surface area (Å²) in [6.45, 7) is 5.41. The SMILES string of the molecule is C=CC1=C(CC=C=C2CC(=O)N(c3ccccc3)C(=O)C2C)CC(=O)N(C)C1=O. The van der Waals surface area contributed by atoms with Gasteiger partial charge in [-0.15, -0.1) is 5.73 Å². The molecule has 0 radical (unpaired) electrons. The molecule has 1 atom stereocenters. The summed E-state index contributed by atoms with van der Waals surface area (Å²) < 4.78 is 0. The van der Waals surface area contributed by atoms with Crippen LogP contribution in [0.2, 0.25) is 0 Å². The molecule has 6 nitrogen and oxygen atoms in total. The summed E-state index contributed by atoms with van der Waals surface area (Å²) in [6.07, 6.45) is 3.68. The largest absolute Gasteiger partial charge is 0.281 e. The molecule has 0 bridgehead atoms. The Bertz CT molecular complexity index is 997. The van der Waals surface area contributed by atoms with Crippen LogP contribution in [0.15, 0.2) is 71.5 Å². The van der Waals surface area contributed by atoms with Crippen molar-refractivity contribution in [3.05, 3.63) is 71.5 Å². The molecule has 0 saturated carbocycles. The number of rotatable bonds is 4. The van der Waals surface area contributed by atoms with Crippen molar-refractivity contribution >= 4 is 29.3 Å². The van der Waals surface area contributed by atoms with Crippen LogP contribution in [0.1, 0.15) is 26.2 Å². The van der Waals surface area contributed by atoms with Crippen molar-refractivity contribution in [2.75, 3.05) is 11.9 Å². The maximum absolute atomic E-state index is 12.7. The molecule has 2 aliphatic heterocycles. The van der Waals surface area contributed by atoms with Gasteiger partial charge in [-0.05, 0) is 42.7 Å². The van der Waals surface area contributed by atoms with Gasteiger partial charge >= 0.3 is 0 Å². The quantitative estimate of drug-likeness (QED) is 0.585. The Balaban J connectivity index is 1.83. The number of carbonyl (C=O) groups is 4. The first-order chi connectivity index (χ1) is 13.8. The summed E-state index contributed by atoms with van der Waals surface area (Å²) in [5.41, 5.74) is 5.28. The minimum atomic E-state index is -0.488. The zero-order valence-electron chi connectivity index (χ0n) is 16.5. The molecule has 148 valence electrons. The Labute approximate surface area is 169 Å². The van der Waals surface area contributed by atoms with Gasteiger partial charge in [-0.1, -0.05) is 30.9 Å². The smallest absolute Gasteiger partial charge is 0.260 e.